The maximum atomic E-state index is 11.1. The summed E-state index contributed by atoms with van der Waals surface area (Å²) in [6.07, 6.45) is 1.82. The van der Waals surface area contributed by atoms with E-state index in [1.165, 1.54) is 0 Å². The lowest BCUT2D eigenvalue weighted by Crippen LogP contribution is -2.43. The molecule has 0 radical (unpaired) electrons. The molecule has 0 aliphatic carbocycles. The van der Waals surface area contributed by atoms with Crippen LogP contribution in [-0.2, 0) is 4.74 Å². The van der Waals surface area contributed by atoms with Crippen LogP contribution >= 0.6 is 0 Å². The first-order chi connectivity index (χ1) is 5.25. The van der Waals surface area contributed by atoms with Crippen LogP contribution in [0.5, 0.6) is 0 Å². The fraction of sp³-hybridized carbons (Fsp3) is 0.875. The number of hydrogen-bond acceptors (Lipinski definition) is 2. The zero-order valence-electron chi connectivity index (χ0n) is 7.17. The van der Waals surface area contributed by atoms with Crippen molar-refractivity contribution in [3.8, 4) is 0 Å². The summed E-state index contributed by atoms with van der Waals surface area (Å²) < 4.78 is 4.90. The van der Waals surface area contributed by atoms with Crippen molar-refractivity contribution in [1.29, 1.82) is 0 Å². The normalized spacial score (nSPS) is 21.3. The highest BCUT2D eigenvalue weighted by Crippen LogP contribution is 2.10. The summed E-state index contributed by atoms with van der Waals surface area (Å²) in [7, 11) is 0. The first-order valence-electron chi connectivity index (χ1n) is 4.19. The number of carbonyl (C=O) groups excluding carboxylic acids is 1. The van der Waals surface area contributed by atoms with Gasteiger partial charge >= 0.3 is 6.09 Å². The lowest BCUT2D eigenvalue weighted by Gasteiger charge is -2.31. The largest absolute Gasteiger partial charge is 0.449 e. The number of cyclic esters (lactones) is 1. The Kier molecular flexibility index (Phi) is 2.74. The Balaban J connectivity index is 2.47. The molecule has 1 amide bonds. The fourth-order valence-electron chi connectivity index (χ4n) is 1.19. The summed E-state index contributed by atoms with van der Waals surface area (Å²) in [5, 5.41) is 0. The predicted molar refractivity (Wildman–Crippen MR) is 42.4 cm³/mol. The highest BCUT2D eigenvalue weighted by molar-refractivity contribution is 5.68. The maximum absolute atomic E-state index is 11.1. The summed E-state index contributed by atoms with van der Waals surface area (Å²) in [5.74, 6) is 0. The molecule has 0 aromatic carbocycles. The topological polar surface area (TPSA) is 29.5 Å². The fourth-order valence-corrected chi connectivity index (χ4v) is 1.19. The first kappa shape index (κ1) is 8.37. The number of amides is 1. The molecule has 0 bridgehead atoms. The van der Waals surface area contributed by atoms with E-state index < -0.39 is 0 Å². The van der Waals surface area contributed by atoms with E-state index in [0.29, 0.717) is 12.6 Å². The van der Waals surface area contributed by atoms with E-state index in [1.54, 1.807) is 4.90 Å². The van der Waals surface area contributed by atoms with Gasteiger partial charge in [-0.25, -0.2) is 4.79 Å². The van der Waals surface area contributed by atoms with Gasteiger partial charge in [-0.05, 0) is 19.8 Å². The highest BCUT2D eigenvalue weighted by atomic mass is 16.6. The number of rotatable bonds is 2. The molecule has 0 aromatic heterocycles. The minimum Gasteiger partial charge on any atom is -0.449 e. The number of nitrogens with zero attached hydrogens (tertiary/aromatic N) is 1. The molecule has 0 aromatic rings. The standard InChI is InChI=1S/C8H15NO2/c1-3-7(2)9-5-4-6-11-8(9)10/h7H,3-6H2,1-2H3/t7-/m0/s1. The molecular weight excluding hydrogens is 142 g/mol. The van der Waals surface area contributed by atoms with Crippen LogP contribution in [-0.4, -0.2) is 30.2 Å². The number of carbonyl (C=O) groups is 1. The van der Waals surface area contributed by atoms with Crippen LogP contribution in [0, 0.1) is 0 Å². The van der Waals surface area contributed by atoms with Crippen molar-refractivity contribution in [3.05, 3.63) is 0 Å². The molecule has 1 saturated heterocycles. The van der Waals surface area contributed by atoms with Gasteiger partial charge in [-0.15, -0.1) is 0 Å². The Morgan fingerprint density at radius 1 is 1.73 bits per heavy atom. The third kappa shape index (κ3) is 1.85. The molecule has 1 rings (SSSR count). The molecule has 1 heterocycles. The van der Waals surface area contributed by atoms with Crippen molar-refractivity contribution in [1.82, 2.24) is 4.90 Å². The molecule has 0 spiro atoms. The molecule has 1 fully saturated rings. The lowest BCUT2D eigenvalue weighted by molar-refractivity contribution is 0.0576. The van der Waals surface area contributed by atoms with Gasteiger partial charge in [0, 0.05) is 12.6 Å². The van der Waals surface area contributed by atoms with Crippen molar-refractivity contribution in [3.63, 3.8) is 0 Å². The second-order valence-electron chi connectivity index (χ2n) is 2.92. The molecule has 1 aliphatic heterocycles. The van der Waals surface area contributed by atoms with Crippen LogP contribution < -0.4 is 0 Å². The Morgan fingerprint density at radius 2 is 2.45 bits per heavy atom. The van der Waals surface area contributed by atoms with Crippen molar-refractivity contribution < 1.29 is 9.53 Å². The molecule has 0 N–H and O–H groups in total. The van der Waals surface area contributed by atoms with Crippen LogP contribution in [0.4, 0.5) is 4.79 Å². The SMILES string of the molecule is CC[C@H](C)N1CCCOC1=O. The van der Waals surface area contributed by atoms with Crippen molar-refractivity contribution >= 4 is 6.09 Å². The summed E-state index contributed by atoms with van der Waals surface area (Å²) in [6, 6.07) is 0.322. The van der Waals surface area contributed by atoms with Crippen LogP contribution in [0.15, 0.2) is 0 Å². The molecule has 11 heavy (non-hydrogen) atoms. The quantitative estimate of drug-likeness (QED) is 0.609. The summed E-state index contributed by atoms with van der Waals surface area (Å²) in [5.41, 5.74) is 0. The van der Waals surface area contributed by atoms with Gasteiger partial charge in [0.05, 0.1) is 6.61 Å². The summed E-state index contributed by atoms with van der Waals surface area (Å²) in [6.45, 7) is 5.57. The van der Waals surface area contributed by atoms with E-state index >= 15 is 0 Å². The molecule has 3 heteroatoms. The van der Waals surface area contributed by atoms with Gasteiger partial charge in [0.15, 0.2) is 0 Å². The van der Waals surface area contributed by atoms with Gasteiger partial charge in [-0.1, -0.05) is 6.92 Å². The number of ether oxygens (including phenoxy) is 1. The van der Waals surface area contributed by atoms with E-state index in [9.17, 15) is 4.79 Å². The van der Waals surface area contributed by atoms with Crippen LogP contribution in [0.25, 0.3) is 0 Å². The van der Waals surface area contributed by atoms with Gasteiger partial charge in [0.1, 0.15) is 0 Å². The smallest absolute Gasteiger partial charge is 0.409 e. The van der Waals surface area contributed by atoms with E-state index in [-0.39, 0.29) is 6.09 Å². The molecule has 0 saturated carbocycles. The minimum absolute atomic E-state index is 0.148. The molecule has 0 unspecified atom stereocenters. The first-order valence-corrected chi connectivity index (χ1v) is 4.19. The Morgan fingerprint density at radius 3 is 3.00 bits per heavy atom. The van der Waals surface area contributed by atoms with Gasteiger partial charge in [-0.3, -0.25) is 0 Å². The molecular formula is C8H15NO2. The van der Waals surface area contributed by atoms with E-state index in [1.807, 2.05) is 6.92 Å². The van der Waals surface area contributed by atoms with E-state index in [0.717, 1.165) is 19.4 Å². The average molecular weight is 157 g/mol. The monoisotopic (exact) mass is 157 g/mol. The zero-order valence-corrected chi connectivity index (χ0v) is 7.17. The van der Waals surface area contributed by atoms with Gasteiger partial charge in [0.2, 0.25) is 0 Å². The maximum Gasteiger partial charge on any atom is 0.409 e. The number of hydrogen-bond donors (Lipinski definition) is 0. The Bertz CT molecular complexity index is 147. The van der Waals surface area contributed by atoms with Gasteiger partial charge in [-0.2, -0.15) is 0 Å². The minimum atomic E-state index is -0.148. The second kappa shape index (κ2) is 3.60. The Hall–Kier alpha value is -0.730. The highest BCUT2D eigenvalue weighted by Gasteiger charge is 2.22. The predicted octanol–water partition coefficient (Wildman–Crippen LogP) is 1.63. The summed E-state index contributed by atoms with van der Waals surface area (Å²) >= 11 is 0. The molecule has 3 nitrogen and oxygen atoms in total. The zero-order chi connectivity index (χ0) is 8.27. The third-order valence-corrected chi connectivity index (χ3v) is 2.13. The van der Waals surface area contributed by atoms with Crippen molar-refractivity contribution in [2.75, 3.05) is 13.2 Å². The summed E-state index contributed by atoms with van der Waals surface area (Å²) in [4.78, 5) is 12.9. The third-order valence-electron chi connectivity index (χ3n) is 2.13. The van der Waals surface area contributed by atoms with Crippen molar-refractivity contribution in [2.24, 2.45) is 0 Å². The lowest BCUT2D eigenvalue weighted by atomic mass is 10.2. The van der Waals surface area contributed by atoms with Crippen LogP contribution in [0.1, 0.15) is 26.7 Å². The average Bonchev–Trinajstić information content (AvgIpc) is 2.04. The van der Waals surface area contributed by atoms with E-state index in [2.05, 4.69) is 6.92 Å². The van der Waals surface area contributed by atoms with E-state index in [4.69, 9.17) is 4.74 Å². The van der Waals surface area contributed by atoms with Gasteiger partial charge in [0.25, 0.3) is 0 Å². The van der Waals surface area contributed by atoms with Gasteiger partial charge < -0.3 is 9.64 Å². The van der Waals surface area contributed by atoms with Crippen LogP contribution in [0.3, 0.4) is 0 Å². The Labute approximate surface area is 67.3 Å². The van der Waals surface area contributed by atoms with Crippen molar-refractivity contribution in [2.45, 2.75) is 32.7 Å². The van der Waals surface area contributed by atoms with Crippen LogP contribution in [0.2, 0.25) is 0 Å². The molecule has 64 valence electrons. The molecule has 1 aliphatic rings. The molecule has 1 atom stereocenters. The second-order valence-corrected chi connectivity index (χ2v) is 2.92.